The van der Waals surface area contributed by atoms with Crippen LogP contribution >= 0.6 is 11.6 Å². The van der Waals surface area contributed by atoms with Crippen LogP contribution in [0.5, 0.6) is 0 Å². The zero-order chi connectivity index (χ0) is 23.4. The first-order chi connectivity index (χ1) is 16.0. The molecule has 1 fully saturated rings. The van der Waals surface area contributed by atoms with Crippen molar-refractivity contribution in [2.75, 3.05) is 23.7 Å². The zero-order valence-electron chi connectivity index (χ0n) is 19.1. The van der Waals surface area contributed by atoms with Gasteiger partial charge in [-0.05, 0) is 75.2 Å². The fourth-order valence-electron chi connectivity index (χ4n) is 4.72. The highest BCUT2D eigenvalue weighted by Gasteiger charge is 2.30. The van der Waals surface area contributed by atoms with Gasteiger partial charge in [0.1, 0.15) is 11.3 Å². The Morgan fingerprint density at radius 2 is 1.64 bits per heavy atom. The minimum atomic E-state index is -0.422. The number of carbonyl (C=O) groups excluding carboxylic acids is 2. The topological polar surface area (TPSA) is 74.6 Å². The lowest BCUT2D eigenvalue weighted by Crippen LogP contribution is -2.39. The predicted molar refractivity (Wildman–Crippen MR) is 133 cm³/mol. The fourth-order valence-corrected chi connectivity index (χ4v) is 4.84. The second kappa shape index (κ2) is 10.4. The summed E-state index contributed by atoms with van der Waals surface area (Å²) in [5.41, 5.74) is 1.57. The minimum Gasteiger partial charge on any atom is -0.449 e. The average molecular weight is 468 g/mol. The Bertz CT molecular complexity index is 1110. The maximum absolute atomic E-state index is 13.2. The number of furan rings is 1. The Morgan fingerprint density at radius 3 is 2.30 bits per heavy atom. The van der Waals surface area contributed by atoms with E-state index < -0.39 is 5.91 Å². The third-order valence-electron chi connectivity index (χ3n) is 6.55. The Morgan fingerprint density at radius 1 is 0.970 bits per heavy atom. The van der Waals surface area contributed by atoms with Gasteiger partial charge in [0.15, 0.2) is 0 Å². The third-order valence-corrected chi connectivity index (χ3v) is 6.80. The molecule has 6 nitrogen and oxygen atoms in total. The summed E-state index contributed by atoms with van der Waals surface area (Å²) >= 11 is 5.94. The SMILES string of the molecule is CCN(CC)[C@H]1CC[C@H](C(=O)Nc2c(C(=O)Nc3ccc(Cl)cc3)oc3ccccc23)CC1. The first-order valence-corrected chi connectivity index (χ1v) is 12.0. The van der Waals surface area contributed by atoms with Gasteiger partial charge in [-0.2, -0.15) is 0 Å². The molecule has 174 valence electrons. The quantitative estimate of drug-likeness (QED) is 0.435. The van der Waals surface area contributed by atoms with Crippen molar-refractivity contribution in [3.63, 3.8) is 0 Å². The average Bonchev–Trinajstić information content (AvgIpc) is 3.20. The van der Waals surface area contributed by atoms with E-state index in [4.69, 9.17) is 16.0 Å². The maximum atomic E-state index is 13.2. The van der Waals surface area contributed by atoms with Crippen LogP contribution in [-0.4, -0.2) is 35.8 Å². The summed E-state index contributed by atoms with van der Waals surface area (Å²) < 4.78 is 5.86. The highest BCUT2D eigenvalue weighted by Crippen LogP contribution is 2.34. The third kappa shape index (κ3) is 5.23. The van der Waals surface area contributed by atoms with Crippen LogP contribution in [0.1, 0.15) is 50.1 Å². The predicted octanol–water partition coefficient (Wildman–Crippen LogP) is 6.18. The molecule has 7 heteroatoms. The number of rotatable bonds is 7. The highest BCUT2D eigenvalue weighted by molar-refractivity contribution is 6.30. The van der Waals surface area contributed by atoms with Crippen molar-refractivity contribution >= 4 is 45.8 Å². The number of benzene rings is 2. The molecular weight excluding hydrogens is 438 g/mol. The number of para-hydroxylation sites is 1. The first-order valence-electron chi connectivity index (χ1n) is 11.6. The number of carbonyl (C=O) groups is 2. The van der Waals surface area contributed by atoms with Crippen LogP contribution in [0.2, 0.25) is 5.02 Å². The van der Waals surface area contributed by atoms with Gasteiger partial charge in [0, 0.05) is 28.1 Å². The molecular formula is C26H30ClN3O3. The summed E-state index contributed by atoms with van der Waals surface area (Å²) in [5.74, 6) is -0.455. The summed E-state index contributed by atoms with van der Waals surface area (Å²) in [6, 6.07) is 14.7. The first kappa shape index (κ1) is 23.3. The molecule has 0 radical (unpaired) electrons. The molecule has 4 rings (SSSR count). The Balaban J connectivity index is 1.52. The number of amides is 2. The van der Waals surface area contributed by atoms with Crippen LogP contribution in [0, 0.1) is 5.92 Å². The maximum Gasteiger partial charge on any atom is 0.293 e. The van der Waals surface area contributed by atoms with E-state index >= 15 is 0 Å². The van der Waals surface area contributed by atoms with Gasteiger partial charge in [0.25, 0.3) is 5.91 Å². The molecule has 0 unspecified atom stereocenters. The van der Waals surface area contributed by atoms with Crippen molar-refractivity contribution < 1.29 is 14.0 Å². The molecule has 1 heterocycles. The van der Waals surface area contributed by atoms with Gasteiger partial charge in [-0.3, -0.25) is 9.59 Å². The van der Waals surface area contributed by atoms with E-state index in [0.717, 1.165) is 38.8 Å². The molecule has 0 aliphatic heterocycles. The molecule has 0 saturated heterocycles. The van der Waals surface area contributed by atoms with Crippen molar-refractivity contribution in [3.05, 3.63) is 59.3 Å². The number of hydrogen-bond acceptors (Lipinski definition) is 4. The van der Waals surface area contributed by atoms with E-state index in [1.54, 1.807) is 30.3 Å². The van der Waals surface area contributed by atoms with E-state index in [9.17, 15) is 9.59 Å². The number of anilines is 2. The second-order valence-electron chi connectivity index (χ2n) is 8.48. The molecule has 2 amide bonds. The van der Waals surface area contributed by atoms with Crippen LogP contribution in [-0.2, 0) is 4.79 Å². The molecule has 0 spiro atoms. The lowest BCUT2D eigenvalue weighted by molar-refractivity contribution is -0.121. The van der Waals surface area contributed by atoms with Gasteiger partial charge in [0.05, 0.1) is 0 Å². The lowest BCUT2D eigenvalue weighted by Gasteiger charge is -2.35. The van der Waals surface area contributed by atoms with Crippen LogP contribution in [0.4, 0.5) is 11.4 Å². The van der Waals surface area contributed by atoms with Gasteiger partial charge in [-0.25, -0.2) is 0 Å². The number of halogens is 1. The lowest BCUT2D eigenvalue weighted by atomic mass is 9.84. The molecule has 3 aromatic rings. The molecule has 1 aromatic heterocycles. The van der Waals surface area contributed by atoms with E-state index in [0.29, 0.717) is 33.4 Å². The number of fused-ring (bicyclic) bond motifs is 1. The van der Waals surface area contributed by atoms with Crippen molar-refractivity contribution in [1.82, 2.24) is 4.90 Å². The largest absolute Gasteiger partial charge is 0.449 e. The molecule has 1 aliphatic carbocycles. The Labute approximate surface area is 199 Å². The van der Waals surface area contributed by atoms with Crippen LogP contribution in [0.15, 0.2) is 52.9 Å². The van der Waals surface area contributed by atoms with Crippen molar-refractivity contribution in [2.24, 2.45) is 5.92 Å². The Hall–Kier alpha value is -2.83. The number of hydrogen-bond donors (Lipinski definition) is 2. The highest BCUT2D eigenvalue weighted by atomic mass is 35.5. The van der Waals surface area contributed by atoms with E-state index in [1.165, 1.54) is 0 Å². The molecule has 0 bridgehead atoms. The van der Waals surface area contributed by atoms with E-state index in [1.807, 2.05) is 18.2 Å². The molecule has 1 saturated carbocycles. The monoisotopic (exact) mass is 467 g/mol. The summed E-state index contributed by atoms with van der Waals surface area (Å²) in [4.78, 5) is 28.7. The van der Waals surface area contributed by atoms with Crippen LogP contribution < -0.4 is 10.6 Å². The van der Waals surface area contributed by atoms with Crippen molar-refractivity contribution in [2.45, 2.75) is 45.6 Å². The van der Waals surface area contributed by atoms with E-state index in [2.05, 4.69) is 29.4 Å². The van der Waals surface area contributed by atoms with Gasteiger partial charge in [-0.15, -0.1) is 0 Å². The van der Waals surface area contributed by atoms with Gasteiger partial charge in [0.2, 0.25) is 11.7 Å². The number of nitrogens with zero attached hydrogens (tertiary/aromatic N) is 1. The van der Waals surface area contributed by atoms with Crippen molar-refractivity contribution in [3.8, 4) is 0 Å². The van der Waals surface area contributed by atoms with Crippen LogP contribution in [0.3, 0.4) is 0 Å². The van der Waals surface area contributed by atoms with Crippen LogP contribution in [0.25, 0.3) is 11.0 Å². The fraction of sp³-hybridized carbons (Fsp3) is 0.385. The van der Waals surface area contributed by atoms with Gasteiger partial charge < -0.3 is 20.0 Å². The summed E-state index contributed by atoms with van der Waals surface area (Å²) in [6.45, 7) is 6.43. The summed E-state index contributed by atoms with van der Waals surface area (Å²) in [7, 11) is 0. The molecule has 0 atom stereocenters. The molecule has 33 heavy (non-hydrogen) atoms. The smallest absolute Gasteiger partial charge is 0.293 e. The Kier molecular flexibility index (Phi) is 7.36. The normalized spacial score (nSPS) is 18.4. The van der Waals surface area contributed by atoms with Crippen molar-refractivity contribution in [1.29, 1.82) is 0 Å². The molecule has 2 aromatic carbocycles. The molecule has 2 N–H and O–H groups in total. The standard InChI is InChI=1S/C26H30ClN3O3/c1-3-30(4-2)20-15-9-17(10-16-20)25(31)29-23-21-7-5-6-8-22(21)33-24(23)26(32)28-19-13-11-18(27)12-14-19/h5-8,11-14,17,20H,3-4,9-10,15-16H2,1-2H3,(H,28,32)(H,29,31)/t17-,20-. The van der Waals surface area contributed by atoms with Gasteiger partial charge >= 0.3 is 0 Å². The summed E-state index contributed by atoms with van der Waals surface area (Å²) in [5, 5.41) is 7.14. The van der Waals surface area contributed by atoms with Gasteiger partial charge in [-0.1, -0.05) is 37.6 Å². The number of nitrogens with one attached hydrogen (secondary N) is 2. The summed E-state index contributed by atoms with van der Waals surface area (Å²) in [6.07, 6.45) is 3.70. The minimum absolute atomic E-state index is 0.0555. The zero-order valence-corrected chi connectivity index (χ0v) is 19.8. The van der Waals surface area contributed by atoms with E-state index in [-0.39, 0.29) is 17.6 Å². The second-order valence-corrected chi connectivity index (χ2v) is 8.92. The molecule has 1 aliphatic rings.